The van der Waals surface area contributed by atoms with Crippen molar-refractivity contribution in [2.45, 2.75) is 19.8 Å². The first kappa shape index (κ1) is 11.1. The predicted octanol–water partition coefficient (Wildman–Crippen LogP) is 4.65. The molecule has 1 aromatic heterocycles. The largest absolute Gasteiger partial charge is 0.317 e. The van der Waals surface area contributed by atoms with Gasteiger partial charge >= 0.3 is 0 Å². The lowest BCUT2D eigenvalue weighted by Gasteiger charge is -2.13. The highest BCUT2D eigenvalue weighted by Gasteiger charge is 2.17. The molecule has 1 aromatic carbocycles. The molecule has 1 aliphatic rings. The Morgan fingerprint density at radius 2 is 2.17 bits per heavy atom. The van der Waals surface area contributed by atoms with Crippen LogP contribution in [-0.2, 0) is 6.42 Å². The van der Waals surface area contributed by atoms with Gasteiger partial charge in [0, 0.05) is 22.3 Å². The van der Waals surface area contributed by atoms with E-state index in [1.165, 1.54) is 27.9 Å². The first-order valence-corrected chi connectivity index (χ1v) is 6.41. The van der Waals surface area contributed by atoms with E-state index >= 15 is 0 Å². The van der Waals surface area contributed by atoms with E-state index in [4.69, 9.17) is 0 Å². The van der Waals surface area contributed by atoms with E-state index in [1.54, 1.807) is 0 Å². The van der Waals surface area contributed by atoms with E-state index < -0.39 is 0 Å². The van der Waals surface area contributed by atoms with E-state index in [-0.39, 0.29) is 0 Å². The first-order chi connectivity index (χ1) is 8.83. The molecule has 0 unspecified atom stereocenters. The summed E-state index contributed by atoms with van der Waals surface area (Å²) in [6, 6.07) is 8.63. The van der Waals surface area contributed by atoms with Gasteiger partial charge in [-0.15, -0.1) is 0 Å². The van der Waals surface area contributed by atoms with Gasteiger partial charge in [0.15, 0.2) is 0 Å². The van der Waals surface area contributed by atoms with Gasteiger partial charge in [-0.05, 0) is 31.9 Å². The standard InChI is InChI=1S/C17H17N/c1-3-8-13(2)18-16-11-6-4-9-14(16)15-10-5-7-12-17(15)18/h3-6,8-11H,1,7,12H2,2H3. The van der Waals surface area contributed by atoms with Crippen LogP contribution in [0, 0.1) is 0 Å². The minimum Gasteiger partial charge on any atom is -0.317 e. The quantitative estimate of drug-likeness (QED) is 0.668. The van der Waals surface area contributed by atoms with Crippen molar-refractivity contribution in [1.29, 1.82) is 0 Å². The molecule has 1 nitrogen and oxygen atoms in total. The monoisotopic (exact) mass is 235 g/mol. The maximum atomic E-state index is 3.80. The van der Waals surface area contributed by atoms with Gasteiger partial charge in [0.2, 0.25) is 0 Å². The molecule has 0 spiro atoms. The number of nitrogens with zero attached hydrogens (tertiary/aromatic N) is 1. The Morgan fingerprint density at radius 1 is 1.33 bits per heavy atom. The molecule has 1 heterocycles. The number of aromatic nitrogens is 1. The minimum atomic E-state index is 1.11. The Bertz CT molecular complexity index is 668. The van der Waals surface area contributed by atoms with E-state index in [0.29, 0.717) is 0 Å². The van der Waals surface area contributed by atoms with Crippen LogP contribution in [0.15, 0.2) is 49.1 Å². The molecule has 0 saturated heterocycles. The Morgan fingerprint density at radius 3 is 3.00 bits per heavy atom. The summed E-state index contributed by atoms with van der Waals surface area (Å²) in [5.41, 5.74) is 5.34. The van der Waals surface area contributed by atoms with Crippen LogP contribution in [0.4, 0.5) is 0 Å². The number of fused-ring (bicyclic) bond motifs is 3. The van der Waals surface area contributed by atoms with Crippen LogP contribution >= 0.6 is 0 Å². The van der Waals surface area contributed by atoms with E-state index in [1.807, 2.05) is 6.08 Å². The summed E-state index contributed by atoms with van der Waals surface area (Å²) < 4.78 is 2.37. The molecule has 0 N–H and O–H groups in total. The zero-order valence-corrected chi connectivity index (χ0v) is 10.7. The van der Waals surface area contributed by atoms with Crippen LogP contribution < -0.4 is 0 Å². The van der Waals surface area contributed by atoms with Gasteiger partial charge in [-0.2, -0.15) is 0 Å². The molecule has 18 heavy (non-hydrogen) atoms. The molecule has 2 aromatic rings. The molecule has 0 bridgehead atoms. The third kappa shape index (κ3) is 1.55. The number of hydrogen-bond donors (Lipinski definition) is 0. The molecule has 0 fully saturated rings. The second kappa shape index (κ2) is 4.34. The molecule has 1 aliphatic carbocycles. The number of allylic oxidation sites excluding steroid dienone is 4. The maximum Gasteiger partial charge on any atom is 0.0534 e. The summed E-state index contributed by atoms with van der Waals surface area (Å²) in [4.78, 5) is 0. The summed E-state index contributed by atoms with van der Waals surface area (Å²) in [5, 5.41) is 1.35. The highest BCUT2D eigenvalue weighted by atomic mass is 15.0. The average Bonchev–Trinajstić information content (AvgIpc) is 2.73. The number of rotatable bonds is 2. The number of hydrogen-bond acceptors (Lipinski definition) is 0. The summed E-state index contributed by atoms with van der Waals surface area (Å²) in [6.07, 6.45) is 10.7. The molecule has 0 aliphatic heterocycles. The lowest BCUT2D eigenvalue weighted by Crippen LogP contribution is -2.02. The van der Waals surface area contributed by atoms with Gasteiger partial charge in [0.1, 0.15) is 0 Å². The SMILES string of the molecule is C=CC=C(C)n1c2c(c3ccccc31)C=CCC2. The Kier molecular flexibility index (Phi) is 2.67. The highest BCUT2D eigenvalue weighted by Crippen LogP contribution is 2.33. The van der Waals surface area contributed by atoms with Crippen molar-refractivity contribution in [3.63, 3.8) is 0 Å². The summed E-state index contributed by atoms with van der Waals surface area (Å²) in [5.74, 6) is 0. The fourth-order valence-electron chi connectivity index (χ4n) is 2.82. The average molecular weight is 235 g/mol. The number of para-hydroxylation sites is 1. The molecule has 0 saturated carbocycles. The van der Waals surface area contributed by atoms with E-state index in [2.05, 4.69) is 60.6 Å². The lowest BCUT2D eigenvalue weighted by molar-refractivity contribution is 0.895. The Labute approximate surface area is 108 Å². The molecule has 3 rings (SSSR count). The molecule has 0 atom stereocenters. The molecule has 0 radical (unpaired) electrons. The fourth-order valence-corrected chi connectivity index (χ4v) is 2.82. The zero-order chi connectivity index (χ0) is 12.5. The minimum absolute atomic E-state index is 1.11. The molecule has 0 amide bonds. The van der Waals surface area contributed by atoms with Crippen molar-refractivity contribution in [1.82, 2.24) is 4.57 Å². The van der Waals surface area contributed by atoms with Crippen molar-refractivity contribution in [3.8, 4) is 0 Å². The second-order valence-electron chi connectivity index (χ2n) is 4.70. The van der Waals surface area contributed by atoms with E-state index in [9.17, 15) is 0 Å². The van der Waals surface area contributed by atoms with Crippen LogP contribution in [0.1, 0.15) is 24.6 Å². The predicted molar refractivity (Wildman–Crippen MR) is 79.4 cm³/mol. The molecule has 1 heteroatoms. The van der Waals surface area contributed by atoms with Gasteiger partial charge in [0.05, 0.1) is 5.52 Å². The zero-order valence-electron chi connectivity index (χ0n) is 10.7. The van der Waals surface area contributed by atoms with Crippen LogP contribution in [0.2, 0.25) is 0 Å². The Balaban J connectivity index is 2.40. The van der Waals surface area contributed by atoms with E-state index in [0.717, 1.165) is 12.8 Å². The van der Waals surface area contributed by atoms with Crippen LogP contribution in [0.5, 0.6) is 0 Å². The lowest BCUT2D eigenvalue weighted by atomic mass is 10.0. The third-order valence-corrected chi connectivity index (χ3v) is 3.56. The maximum absolute atomic E-state index is 3.80. The van der Waals surface area contributed by atoms with Gasteiger partial charge < -0.3 is 4.57 Å². The topological polar surface area (TPSA) is 4.93 Å². The molecular formula is C17H17N. The van der Waals surface area contributed by atoms with Gasteiger partial charge in [-0.3, -0.25) is 0 Å². The summed E-state index contributed by atoms with van der Waals surface area (Å²) in [7, 11) is 0. The normalized spacial score (nSPS) is 14.8. The Hall–Kier alpha value is -2.02. The van der Waals surface area contributed by atoms with Gasteiger partial charge in [-0.25, -0.2) is 0 Å². The van der Waals surface area contributed by atoms with Crippen molar-refractivity contribution in [2.24, 2.45) is 0 Å². The van der Waals surface area contributed by atoms with Crippen LogP contribution in [0.3, 0.4) is 0 Å². The molecular weight excluding hydrogens is 218 g/mol. The van der Waals surface area contributed by atoms with Gasteiger partial charge in [-0.1, -0.05) is 43.0 Å². The fraction of sp³-hybridized carbons (Fsp3) is 0.176. The second-order valence-corrected chi connectivity index (χ2v) is 4.70. The highest BCUT2D eigenvalue weighted by molar-refractivity contribution is 5.94. The number of benzene rings is 1. The van der Waals surface area contributed by atoms with Crippen molar-refractivity contribution in [2.75, 3.05) is 0 Å². The van der Waals surface area contributed by atoms with Crippen molar-refractivity contribution < 1.29 is 0 Å². The third-order valence-electron chi connectivity index (χ3n) is 3.56. The van der Waals surface area contributed by atoms with Crippen LogP contribution in [0.25, 0.3) is 22.7 Å². The summed E-state index contributed by atoms with van der Waals surface area (Å²) >= 11 is 0. The van der Waals surface area contributed by atoms with Crippen molar-refractivity contribution >= 4 is 22.7 Å². The first-order valence-electron chi connectivity index (χ1n) is 6.41. The molecule has 90 valence electrons. The summed E-state index contributed by atoms with van der Waals surface area (Å²) in [6.45, 7) is 5.94. The van der Waals surface area contributed by atoms with Crippen LogP contribution in [-0.4, -0.2) is 4.57 Å². The van der Waals surface area contributed by atoms with Gasteiger partial charge in [0.25, 0.3) is 0 Å². The smallest absolute Gasteiger partial charge is 0.0534 e. The van der Waals surface area contributed by atoms with Crippen molar-refractivity contribution in [3.05, 3.63) is 60.3 Å².